The van der Waals surface area contributed by atoms with Gasteiger partial charge in [-0.1, -0.05) is 6.92 Å². The molecule has 1 fully saturated rings. The van der Waals surface area contributed by atoms with Crippen molar-refractivity contribution < 1.29 is 4.79 Å². The van der Waals surface area contributed by atoms with Gasteiger partial charge in [0.1, 0.15) is 0 Å². The Labute approximate surface area is 142 Å². The Bertz CT molecular complexity index is 653. The molecule has 1 aliphatic heterocycles. The summed E-state index contributed by atoms with van der Waals surface area (Å²) in [4.78, 5) is 12.3. The Kier molecular flexibility index (Phi) is 5.80. The first-order valence-corrected chi connectivity index (χ1v) is 7.77. The van der Waals surface area contributed by atoms with Crippen molar-refractivity contribution in [3.63, 3.8) is 0 Å². The summed E-state index contributed by atoms with van der Waals surface area (Å²) < 4.78 is 1.81. The van der Waals surface area contributed by atoms with E-state index in [9.17, 15) is 4.79 Å². The Morgan fingerprint density at radius 3 is 2.70 bits per heavy atom. The largest absolute Gasteiger partial charge is 0.348 e. The van der Waals surface area contributed by atoms with E-state index in [0.717, 1.165) is 30.8 Å². The number of hydrogen-bond acceptors (Lipinski definition) is 3. The molecule has 0 radical (unpaired) electrons. The van der Waals surface area contributed by atoms with E-state index in [0.29, 0.717) is 11.5 Å². The lowest BCUT2D eigenvalue weighted by atomic mass is 9.94. The van der Waals surface area contributed by atoms with Crippen molar-refractivity contribution in [3.8, 4) is 5.69 Å². The van der Waals surface area contributed by atoms with Gasteiger partial charge in [-0.2, -0.15) is 5.10 Å². The molecule has 1 amide bonds. The molecule has 0 bridgehead atoms. The Hall–Kier alpha value is -1.85. The number of nitrogens with one attached hydrogen (secondary N) is 2. The molecule has 23 heavy (non-hydrogen) atoms. The fourth-order valence-corrected chi connectivity index (χ4v) is 2.75. The SMILES string of the molecule is Cc1cnn(-c2ccc(C(=O)NC3CNCCC3C)cc2)c1.Cl. The number of rotatable bonds is 3. The molecule has 5 nitrogen and oxygen atoms in total. The number of halogens is 1. The first-order valence-electron chi connectivity index (χ1n) is 7.77. The van der Waals surface area contributed by atoms with Gasteiger partial charge in [-0.05, 0) is 55.6 Å². The topological polar surface area (TPSA) is 59.0 Å². The average Bonchev–Trinajstić information content (AvgIpc) is 2.96. The third-order valence-corrected chi connectivity index (χ3v) is 4.25. The van der Waals surface area contributed by atoms with Crippen LogP contribution in [0.1, 0.15) is 29.3 Å². The van der Waals surface area contributed by atoms with E-state index in [1.807, 2.05) is 48.3 Å². The molecule has 1 aliphatic rings. The minimum absolute atomic E-state index is 0. The van der Waals surface area contributed by atoms with Crippen LogP contribution < -0.4 is 10.6 Å². The number of amides is 1. The maximum atomic E-state index is 12.3. The first kappa shape index (κ1) is 17.5. The van der Waals surface area contributed by atoms with Crippen LogP contribution in [0.4, 0.5) is 0 Å². The highest BCUT2D eigenvalue weighted by atomic mass is 35.5. The second-order valence-electron chi connectivity index (χ2n) is 6.06. The molecule has 2 heterocycles. The predicted molar refractivity (Wildman–Crippen MR) is 93.5 cm³/mol. The van der Waals surface area contributed by atoms with E-state index in [2.05, 4.69) is 22.7 Å². The van der Waals surface area contributed by atoms with Crippen LogP contribution >= 0.6 is 12.4 Å². The molecule has 1 saturated heterocycles. The molecule has 1 aromatic carbocycles. The highest BCUT2D eigenvalue weighted by Crippen LogP contribution is 2.13. The second-order valence-corrected chi connectivity index (χ2v) is 6.06. The molecule has 0 saturated carbocycles. The van der Waals surface area contributed by atoms with Gasteiger partial charge in [0.25, 0.3) is 5.91 Å². The lowest BCUT2D eigenvalue weighted by Gasteiger charge is -2.30. The zero-order valence-electron chi connectivity index (χ0n) is 13.5. The number of hydrogen-bond donors (Lipinski definition) is 2. The summed E-state index contributed by atoms with van der Waals surface area (Å²) in [6.45, 7) is 6.07. The Morgan fingerprint density at radius 2 is 2.09 bits per heavy atom. The molecule has 2 N–H and O–H groups in total. The van der Waals surface area contributed by atoms with Crippen LogP contribution in [-0.4, -0.2) is 34.8 Å². The number of nitrogens with zero attached hydrogens (tertiary/aromatic N) is 2. The second kappa shape index (κ2) is 7.62. The van der Waals surface area contributed by atoms with Gasteiger partial charge in [0.15, 0.2) is 0 Å². The molecule has 2 unspecified atom stereocenters. The van der Waals surface area contributed by atoms with Crippen molar-refractivity contribution in [1.29, 1.82) is 0 Å². The minimum Gasteiger partial charge on any atom is -0.348 e. The fourth-order valence-electron chi connectivity index (χ4n) is 2.75. The van der Waals surface area contributed by atoms with Crippen molar-refractivity contribution in [3.05, 3.63) is 47.8 Å². The van der Waals surface area contributed by atoms with Crippen LogP contribution in [0.2, 0.25) is 0 Å². The van der Waals surface area contributed by atoms with E-state index >= 15 is 0 Å². The van der Waals surface area contributed by atoms with Crippen LogP contribution in [-0.2, 0) is 0 Å². The summed E-state index contributed by atoms with van der Waals surface area (Å²) in [6.07, 6.45) is 4.88. The van der Waals surface area contributed by atoms with Crippen LogP contribution in [0.15, 0.2) is 36.7 Å². The lowest BCUT2D eigenvalue weighted by Crippen LogP contribution is -2.50. The smallest absolute Gasteiger partial charge is 0.251 e. The zero-order valence-corrected chi connectivity index (χ0v) is 14.3. The molecule has 1 aromatic heterocycles. The molecular formula is C17H23ClN4O. The van der Waals surface area contributed by atoms with Crippen molar-refractivity contribution in [2.45, 2.75) is 26.3 Å². The van der Waals surface area contributed by atoms with Crippen LogP contribution in [0.3, 0.4) is 0 Å². The predicted octanol–water partition coefficient (Wildman–Crippen LogP) is 2.33. The molecule has 2 atom stereocenters. The van der Waals surface area contributed by atoms with Gasteiger partial charge in [-0.15, -0.1) is 12.4 Å². The maximum absolute atomic E-state index is 12.3. The van der Waals surface area contributed by atoms with Crippen molar-refractivity contribution in [2.24, 2.45) is 5.92 Å². The first-order chi connectivity index (χ1) is 10.6. The average molecular weight is 335 g/mol. The lowest BCUT2D eigenvalue weighted by molar-refractivity contribution is 0.0915. The van der Waals surface area contributed by atoms with Gasteiger partial charge in [0, 0.05) is 24.3 Å². The number of carbonyl (C=O) groups is 1. The van der Waals surface area contributed by atoms with Gasteiger partial charge in [-0.25, -0.2) is 4.68 Å². The molecule has 0 spiro atoms. The van der Waals surface area contributed by atoms with Gasteiger partial charge >= 0.3 is 0 Å². The van der Waals surface area contributed by atoms with Gasteiger partial charge in [-0.3, -0.25) is 4.79 Å². The molecule has 2 aromatic rings. The van der Waals surface area contributed by atoms with Crippen molar-refractivity contribution in [2.75, 3.05) is 13.1 Å². The number of piperidine rings is 1. The van der Waals surface area contributed by atoms with Crippen LogP contribution in [0, 0.1) is 12.8 Å². The van der Waals surface area contributed by atoms with E-state index in [-0.39, 0.29) is 24.4 Å². The molecule has 0 aliphatic carbocycles. The quantitative estimate of drug-likeness (QED) is 0.905. The normalized spacial score (nSPS) is 20.6. The minimum atomic E-state index is -0.0104. The van der Waals surface area contributed by atoms with E-state index in [4.69, 9.17) is 0 Å². The van der Waals surface area contributed by atoms with E-state index < -0.39 is 0 Å². The van der Waals surface area contributed by atoms with E-state index in [1.165, 1.54) is 0 Å². The van der Waals surface area contributed by atoms with Crippen molar-refractivity contribution >= 4 is 18.3 Å². The third-order valence-electron chi connectivity index (χ3n) is 4.25. The summed E-state index contributed by atoms with van der Waals surface area (Å²) in [5, 5.41) is 10.7. The number of carbonyl (C=O) groups excluding carboxylic acids is 1. The highest BCUT2D eigenvalue weighted by Gasteiger charge is 2.22. The molecule has 3 rings (SSSR count). The summed E-state index contributed by atoms with van der Waals surface area (Å²) in [5.74, 6) is 0.500. The van der Waals surface area contributed by atoms with Gasteiger partial charge < -0.3 is 10.6 Å². The highest BCUT2D eigenvalue weighted by molar-refractivity contribution is 5.94. The molecule has 124 valence electrons. The summed E-state index contributed by atoms with van der Waals surface area (Å²) >= 11 is 0. The van der Waals surface area contributed by atoms with E-state index in [1.54, 1.807) is 0 Å². The Morgan fingerprint density at radius 1 is 1.35 bits per heavy atom. The zero-order chi connectivity index (χ0) is 15.5. The number of benzene rings is 1. The fraction of sp³-hybridized carbons (Fsp3) is 0.412. The summed E-state index contributed by atoms with van der Waals surface area (Å²) in [7, 11) is 0. The maximum Gasteiger partial charge on any atom is 0.251 e. The molecule has 6 heteroatoms. The monoisotopic (exact) mass is 334 g/mol. The number of aryl methyl sites for hydroxylation is 1. The van der Waals surface area contributed by atoms with Gasteiger partial charge in [0.05, 0.1) is 11.9 Å². The summed E-state index contributed by atoms with van der Waals surface area (Å²) in [6, 6.07) is 7.74. The number of aromatic nitrogens is 2. The molecular weight excluding hydrogens is 312 g/mol. The van der Waals surface area contributed by atoms with Crippen molar-refractivity contribution in [1.82, 2.24) is 20.4 Å². The third kappa shape index (κ3) is 4.12. The Balaban J connectivity index is 0.00000192. The van der Waals surface area contributed by atoms with Crippen LogP contribution in [0.25, 0.3) is 5.69 Å². The standard InChI is InChI=1S/C17H22N4O.ClH/c1-12-9-19-21(11-12)15-5-3-14(4-6-15)17(22)20-16-10-18-8-7-13(16)2;/h3-6,9,11,13,16,18H,7-8,10H2,1-2H3,(H,20,22);1H. The van der Waals surface area contributed by atoms with Crippen LogP contribution in [0.5, 0.6) is 0 Å². The summed E-state index contributed by atoms with van der Waals surface area (Å²) in [5.41, 5.74) is 2.75. The van der Waals surface area contributed by atoms with Gasteiger partial charge in [0.2, 0.25) is 0 Å².